The van der Waals surface area contributed by atoms with Gasteiger partial charge in [0.05, 0.1) is 11.6 Å². The summed E-state index contributed by atoms with van der Waals surface area (Å²) in [4.78, 5) is 0. The van der Waals surface area contributed by atoms with Crippen LogP contribution < -0.4 is 4.74 Å². The van der Waals surface area contributed by atoms with E-state index in [1.165, 1.54) is 30.3 Å². The van der Waals surface area contributed by atoms with Gasteiger partial charge in [-0.05, 0) is 42.0 Å². The molecule has 2 nitrogen and oxygen atoms in total. The first kappa shape index (κ1) is 15.5. The first-order valence-electron chi connectivity index (χ1n) is 5.55. The second kappa shape index (κ2) is 5.84. The van der Waals surface area contributed by atoms with Crippen LogP contribution in [-0.2, 0) is 0 Å². The lowest BCUT2D eigenvalue weighted by Gasteiger charge is -2.14. The molecule has 2 aromatic carbocycles. The minimum Gasteiger partial charge on any atom is -0.405 e. The molecule has 0 heterocycles. The third-order valence-corrected chi connectivity index (χ3v) is 2.95. The number of halogens is 5. The second-order valence-electron chi connectivity index (χ2n) is 4.03. The number of ether oxygens (including phenoxy) is 1. The molecule has 0 fully saturated rings. The van der Waals surface area contributed by atoms with Crippen molar-refractivity contribution < 1.29 is 17.9 Å². The van der Waals surface area contributed by atoms with Crippen LogP contribution in [0.2, 0.25) is 10.0 Å². The number of hydrogen-bond acceptors (Lipinski definition) is 2. The number of alkyl halides is 3. The van der Waals surface area contributed by atoms with Gasteiger partial charge in [-0.3, -0.25) is 0 Å². The minimum atomic E-state index is -4.87. The van der Waals surface area contributed by atoms with Gasteiger partial charge in [0.1, 0.15) is 5.75 Å². The number of nitriles is 1. The molecule has 0 aromatic heterocycles. The van der Waals surface area contributed by atoms with E-state index in [-0.39, 0.29) is 21.2 Å². The molecule has 0 aliphatic rings. The molecule has 2 rings (SSSR count). The zero-order valence-electron chi connectivity index (χ0n) is 10.2. The predicted octanol–water partition coefficient (Wildman–Crippen LogP) is 5.43. The Bertz CT molecular complexity index is 703. The first-order valence-corrected chi connectivity index (χ1v) is 6.30. The molecule has 2 aromatic rings. The highest BCUT2D eigenvalue weighted by Gasteiger charge is 2.32. The van der Waals surface area contributed by atoms with E-state index in [0.29, 0.717) is 5.56 Å². The molecule has 0 atom stereocenters. The molecule has 21 heavy (non-hydrogen) atoms. The largest absolute Gasteiger partial charge is 0.573 e. The van der Waals surface area contributed by atoms with E-state index in [1.807, 2.05) is 0 Å². The number of nitrogens with zero attached hydrogens (tertiary/aromatic N) is 1. The summed E-state index contributed by atoms with van der Waals surface area (Å²) in [5.41, 5.74) is 0.540. The highest BCUT2D eigenvalue weighted by Crippen LogP contribution is 2.36. The lowest BCUT2D eigenvalue weighted by molar-refractivity contribution is -0.274. The topological polar surface area (TPSA) is 33.0 Å². The van der Waals surface area contributed by atoms with Crippen molar-refractivity contribution in [2.24, 2.45) is 0 Å². The van der Waals surface area contributed by atoms with Gasteiger partial charge in [-0.15, -0.1) is 13.2 Å². The van der Waals surface area contributed by atoms with E-state index in [4.69, 9.17) is 28.5 Å². The summed E-state index contributed by atoms with van der Waals surface area (Å²) < 4.78 is 41.4. The Morgan fingerprint density at radius 2 is 1.62 bits per heavy atom. The third-order valence-electron chi connectivity index (χ3n) is 2.51. The molecule has 0 aliphatic heterocycles. The summed E-state index contributed by atoms with van der Waals surface area (Å²) in [6.45, 7) is 0. The van der Waals surface area contributed by atoms with E-state index >= 15 is 0 Å². The molecule has 0 bridgehead atoms. The molecule has 0 amide bonds. The van der Waals surface area contributed by atoms with Crippen LogP contribution >= 0.6 is 23.2 Å². The Morgan fingerprint density at radius 3 is 2.14 bits per heavy atom. The van der Waals surface area contributed by atoms with Crippen molar-refractivity contribution >= 4 is 23.2 Å². The van der Waals surface area contributed by atoms with Gasteiger partial charge in [-0.2, -0.15) is 5.26 Å². The standard InChI is InChI=1S/C14H6Cl2F3NO/c15-10-4-9(5-11(16)6-10)12-2-1-8(7-20)3-13(12)21-14(17,18)19/h1-6H. The minimum absolute atomic E-state index is 0.0473. The average Bonchev–Trinajstić information content (AvgIpc) is 2.35. The summed E-state index contributed by atoms with van der Waals surface area (Å²) in [5, 5.41) is 9.34. The van der Waals surface area contributed by atoms with E-state index < -0.39 is 12.1 Å². The van der Waals surface area contributed by atoms with Crippen LogP contribution in [0.5, 0.6) is 5.75 Å². The normalized spacial score (nSPS) is 11.0. The van der Waals surface area contributed by atoms with Gasteiger partial charge in [-0.25, -0.2) is 0 Å². The first-order chi connectivity index (χ1) is 9.78. The summed E-state index contributed by atoms with van der Waals surface area (Å²) in [5.74, 6) is -0.486. The van der Waals surface area contributed by atoms with Crippen LogP contribution in [0.15, 0.2) is 36.4 Å². The molecule has 108 valence electrons. The van der Waals surface area contributed by atoms with E-state index in [0.717, 1.165) is 6.07 Å². The van der Waals surface area contributed by atoms with Crippen molar-refractivity contribution in [3.05, 3.63) is 52.0 Å². The van der Waals surface area contributed by atoms with Crippen LogP contribution in [0.4, 0.5) is 13.2 Å². The Morgan fingerprint density at radius 1 is 1.00 bits per heavy atom. The zero-order chi connectivity index (χ0) is 15.6. The van der Waals surface area contributed by atoms with Crippen LogP contribution in [0, 0.1) is 11.3 Å². The van der Waals surface area contributed by atoms with Crippen molar-refractivity contribution in [2.75, 3.05) is 0 Å². The van der Waals surface area contributed by atoms with Crippen molar-refractivity contribution in [2.45, 2.75) is 6.36 Å². The predicted molar refractivity (Wildman–Crippen MR) is 73.3 cm³/mol. The summed E-state index contributed by atoms with van der Waals surface area (Å²) in [7, 11) is 0. The highest BCUT2D eigenvalue weighted by atomic mass is 35.5. The molecule has 0 unspecified atom stereocenters. The molecule has 0 N–H and O–H groups in total. The fourth-order valence-electron chi connectivity index (χ4n) is 1.75. The van der Waals surface area contributed by atoms with Gasteiger partial charge in [0.2, 0.25) is 0 Å². The maximum absolute atomic E-state index is 12.5. The van der Waals surface area contributed by atoms with Gasteiger partial charge in [0, 0.05) is 15.6 Å². The molecule has 0 aliphatic carbocycles. The van der Waals surface area contributed by atoms with Gasteiger partial charge < -0.3 is 4.74 Å². The van der Waals surface area contributed by atoms with Crippen molar-refractivity contribution in [3.63, 3.8) is 0 Å². The molecular weight excluding hydrogens is 326 g/mol. The van der Waals surface area contributed by atoms with E-state index in [2.05, 4.69) is 4.74 Å². The summed E-state index contributed by atoms with van der Waals surface area (Å²) >= 11 is 11.7. The van der Waals surface area contributed by atoms with Gasteiger partial charge in [0.25, 0.3) is 0 Å². The number of rotatable bonds is 2. The Labute approximate surface area is 128 Å². The third kappa shape index (κ3) is 4.03. The summed E-state index contributed by atoms with van der Waals surface area (Å²) in [6.07, 6.45) is -4.87. The van der Waals surface area contributed by atoms with Gasteiger partial charge >= 0.3 is 6.36 Å². The summed E-state index contributed by atoms with van der Waals surface area (Å²) in [6, 6.07) is 9.87. The van der Waals surface area contributed by atoms with Crippen LogP contribution in [0.1, 0.15) is 5.56 Å². The van der Waals surface area contributed by atoms with Crippen LogP contribution in [-0.4, -0.2) is 6.36 Å². The fraction of sp³-hybridized carbons (Fsp3) is 0.0714. The maximum Gasteiger partial charge on any atom is 0.573 e. The molecule has 0 radical (unpaired) electrons. The number of hydrogen-bond donors (Lipinski definition) is 0. The molecule has 7 heteroatoms. The SMILES string of the molecule is N#Cc1ccc(-c2cc(Cl)cc(Cl)c2)c(OC(F)(F)F)c1. The highest BCUT2D eigenvalue weighted by molar-refractivity contribution is 6.35. The van der Waals surface area contributed by atoms with E-state index in [1.54, 1.807) is 6.07 Å². The molecule has 0 saturated carbocycles. The van der Waals surface area contributed by atoms with Crippen molar-refractivity contribution in [1.82, 2.24) is 0 Å². The number of benzene rings is 2. The Balaban J connectivity index is 2.59. The smallest absolute Gasteiger partial charge is 0.405 e. The van der Waals surface area contributed by atoms with E-state index in [9.17, 15) is 13.2 Å². The monoisotopic (exact) mass is 331 g/mol. The fourth-order valence-corrected chi connectivity index (χ4v) is 2.27. The molecular formula is C14H6Cl2F3NO. The van der Waals surface area contributed by atoms with Crippen LogP contribution in [0.3, 0.4) is 0 Å². The van der Waals surface area contributed by atoms with Gasteiger partial charge in [0.15, 0.2) is 0 Å². The van der Waals surface area contributed by atoms with Crippen molar-refractivity contribution in [3.8, 4) is 22.9 Å². The lowest BCUT2D eigenvalue weighted by atomic mass is 10.0. The Hall–Kier alpha value is -1.90. The molecule has 0 spiro atoms. The Kier molecular flexibility index (Phi) is 4.31. The second-order valence-corrected chi connectivity index (χ2v) is 4.90. The average molecular weight is 332 g/mol. The maximum atomic E-state index is 12.5. The lowest BCUT2D eigenvalue weighted by Crippen LogP contribution is -2.17. The van der Waals surface area contributed by atoms with Gasteiger partial charge in [-0.1, -0.05) is 23.2 Å². The molecule has 0 saturated heterocycles. The van der Waals surface area contributed by atoms with Crippen molar-refractivity contribution in [1.29, 1.82) is 5.26 Å². The quantitative estimate of drug-likeness (QED) is 0.734. The zero-order valence-corrected chi connectivity index (χ0v) is 11.7. The van der Waals surface area contributed by atoms with Crippen LogP contribution in [0.25, 0.3) is 11.1 Å².